The highest BCUT2D eigenvalue weighted by Gasteiger charge is 2.40. The summed E-state index contributed by atoms with van der Waals surface area (Å²) in [5.74, 6) is 0.555. The molecule has 2 heterocycles. The molecule has 0 bridgehead atoms. The van der Waals surface area contributed by atoms with Crippen molar-refractivity contribution in [3.63, 3.8) is 0 Å². The molecule has 136 valence electrons. The number of nitrogens with zero attached hydrogens (tertiary/aromatic N) is 2. The van der Waals surface area contributed by atoms with Gasteiger partial charge in [0.15, 0.2) is 5.50 Å². The minimum atomic E-state index is -0.425. The summed E-state index contributed by atoms with van der Waals surface area (Å²) in [7, 11) is 1.60. The summed E-state index contributed by atoms with van der Waals surface area (Å²) >= 11 is 1.46. The van der Waals surface area contributed by atoms with Crippen molar-refractivity contribution in [2.45, 2.75) is 5.50 Å². The molecule has 2 aromatic rings. The third-order valence-electron chi connectivity index (χ3n) is 4.32. The highest BCUT2D eigenvalue weighted by atomic mass is 32.2. The van der Waals surface area contributed by atoms with Gasteiger partial charge in [0.1, 0.15) is 11.4 Å². The number of rotatable bonds is 4. The van der Waals surface area contributed by atoms with Crippen LogP contribution in [0.5, 0.6) is 5.75 Å². The Hall–Kier alpha value is -3.26. The molecule has 7 nitrogen and oxygen atoms in total. The number of non-ortho nitro benzene ring substituents is 1. The maximum atomic E-state index is 12.5. The second kappa shape index (κ2) is 6.81. The van der Waals surface area contributed by atoms with Gasteiger partial charge in [0.25, 0.3) is 11.6 Å². The lowest BCUT2D eigenvalue weighted by Crippen LogP contribution is -2.27. The van der Waals surface area contributed by atoms with Crippen LogP contribution in [0, 0.1) is 10.1 Å². The summed E-state index contributed by atoms with van der Waals surface area (Å²) in [6.07, 6.45) is 1.80. The van der Waals surface area contributed by atoms with Crippen LogP contribution in [0.15, 0.2) is 59.6 Å². The van der Waals surface area contributed by atoms with E-state index in [1.807, 2.05) is 34.6 Å². The Kier molecular flexibility index (Phi) is 4.33. The summed E-state index contributed by atoms with van der Waals surface area (Å²) in [6, 6.07) is 13.8. The fraction of sp³-hybridized carbons (Fsp3) is 0.105. The van der Waals surface area contributed by atoms with Crippen molar-refractivity contribution in [2.24, 2.45) is 0 Å². The number of hydrogen-bond acceptors (Lipinski definition) is 6. The highest BCUT2D eigenvalue weighted by molar-refractivity contribution is 8.03. The van der Waals surface area contributed by atoms with E-state index < -0.39 is 4.92 Å². The Morgan fingerprint density at radius 2 is 2.04 bits per heavy atom. The monoisotopic (exact) mass is 381 g/mol. The summed E-state index contributed by atoms with van der Waals surface area (Å²) in [5, 5.41) is 15.9. The number of benzene rings is 2. The quantitative estimate of drug-likeness (QED) is 0.496. The summed E-state index contributed by atoms with van der Waals surface area (Å²) in [6.45, 7) is 0. The van der Waals surface area contributed by atoms with Gasteiger partial charge in [-0.3, -0.25) is 14.9 Å². The molecule has 0 spiro atoms. The van der Waals surface area contributed by atoms with Crippen molar-refractivity contribution in [1.29, 1.82) is 0 Å². The number of ether oxygens (including phenoxy) is 1. The molecular formula is C19H15N3O4S. The highest BCUT2D eigenvalue weighted by Crippen LogP contribution is 2.42. The number of methoxy groups -OCH3 is 1. The van der Waals surface area contributed by atoms with E-state index >= 15 is 0 Å². The number of fused-ring (bicyclic) bond motifs is 1. The van der Waals surface area contributed by atoms with Crippen LogP contribution in [0.2, 0.25) is 0 Å². The van der Waals surface area contributed by atoms with E-state index in [1.54, 1.807) is 25.3 Å². The van der Waals surface area contributed by atoms with Gasteiger partial charge >= 0.3 is 0 Å². The summed E-state index contributed by atoms with van der Waals surface area (Å²) in [4.78, 5) is 25.0. The Morgan fingerprint density at radius 1 is 1.26 bits per heavy atom. The molecule has 0 unspecified atom stereocenters. The second-order valence-electron chi connectivity index (χ2n) is 5.95. The van der Waals surface area contributed by atoms with Crippen LogP contribution in [0.1, 0.15) is 11.1 Å². The third kappa shape index (κ3) is 3.15. The molecule has 4 rings (SSSR count). The van der Waals surface area contributed by atoms with Gasteiger partial charge in [0.05, 0.1) is 17.7 Å². The minimum absolute atomic E-state index is 0.0148. The molecule has 1 saturated heterocycles. The van der Waals surface area contributed by atoms with Crippen molar-refractivity contribution < 1.29 is 14.5 Å². The van der Waals surface area contributed by atoms with E-state index in [0.29, 0.717) is 11.3 Å². The number of nitrogens with one attached hydrogen (secondary N) is 1. The van der Waals surface area contributed by atoms with Gasteiger partial charge in [-0.1, -0.05) is 36.0 Å². The predicted octanol–water partition coefficient (Wildman–Crippen LogP) is 3.41. The van der Waals surface area contributed by atoms with E-state index in [9.17, 15) is 14.9 Å². The van der Waals surface area contributed by atoms with Crippen LogP contribution in [0.3, 0.4) is 0 Å². The lowest BCUT2D eigenvalue weighted by Gasteiger charge is -2.21. The SMILES string of the molecule is COc1ccc(/C=C2/C(=O)N[C@H]3SC=C(c4cccc([N+](=O)[O-])c4)N23)cc1. The zero-order valence-corrected chi connectivity index (χ0v) is 15.1. The first-order chi connectivity index (χ1) is 13.1. The topological polar surface area (TPSA) is 84.7 Å². The van der Waals surface area contributed by atoms with Gasteiger partial charge in [-0.05, 0) is 29.2 Å². The largest absolute Gasteiger partial charge is 0.497 e. The van der Waals surface area contributed by atoms with Gasteiger partial charge in [0, 0.05) is 17.7 Å². The van der Waals surface area contributed by atoms with Gasteiger partial charge in [-0.25, -0.2) is 0 Å². The first-order valence-electron chi connectivity index (χ1n) is 8.13. The Morgan fingerprint density at radius 3 is 2.74 bits per heavy atom. The maximum absolute atomic E-state index is 12.5. The molecule has 27 heavy (non-hydrogen) atoms. The molecule has 1 amide bonds. The van der Waals surface area contributed by atoms with Crippen molar-refractivity contribution in [2.75, 3.05) is 7.11 Å². The number of nitro groups is 1. The first-order valence-corrected chi connectivity index (χ1v) is 9.07. The molecule has 8 heteroatoms. The van der Waals surface area contributed by atoms with Crippen LogP contribution in [-0.2, 0) is 4.79 Å². The van der Waals surface area contributed by atoms with Crippen LogP contribution >= 0.6 is 11.8 Å². The smallest absolute Gasteiger partial charge is 0.270 e. The van der Waals surface area contributed by atoms with Crippen LogP contribution in [0.4, 0.5) is 5.69 Å². The number of carbonyl (C=O) groups is 1. The molecule has 1 fully saturated rings. The van der Waals surface area contributed by atoms with Crippen molar-refractivity contribution in [3.05, 3.63) is 80.9 Å². The van der Waals surface area contributed by atoms with E-state index in [4.69, 9.17) is 4.74 Å². The molecule has 0 aromatic heterocycles. The van der Waals surface area contributed by atoms with Crippen molar-refractivity contribution in [1.82, 2.24) is 10.2 Å². The van der Waals surface area contributed by atoms with Crippen LogP contribution < -0.4 is 10.1 Å². The molecular weight excluding hydrogens is 366 g/mol. The molecule has 1 atom stereocenters. The molecule has 2 aromatic carbocycles. The normalized spacial score (nSPS) is 19.7. The number of nitro benzene ring substituents is 1. The number of thioether (sulfide) groups is 1. The average molecular weight is 381 g/mol. The summed E-state index contributed by atoms with van der Waals surface area (Å²) < 4.78 is 5.16. The van der Waals surface area contributed by atoms with E-state index in [2.05, 4.69) is 5.32 Å². The molecule has 1 N–H and O–H groups in total. The van der Waals surface area contributed by atoms with E-state index in [-0.39, 0.29) is 17.1 Å². The fourth-order valence-corrected chi connectivity index (χ4v) is 4.03. The lowest BCUT2D eigenvalue weighted by atomic mass is 10.1. The van der Waals surface area contributed by atoms with E-state index in [0.717, 1.165) is 17.0 Å². The van der Waals surface area contributed by atoms with E-state index in [1.165, 1.54) is 23.9 Å². The minimum Gasteiger partial charge on any atom is -0.497 e. The molecule has 2 aliphatic heterocycles. The zero-order valence-electron chi connectivity index (χ0n) is 14.3. The maximum Gasteiger partial charge on any atom is 0.270 e. The Balaban J connectivity index is 1.70. The van der Waals surface area contributed by atoms with Crippen LogP contribution in [-0.4, -0.2) is 28.3 Å². The van der Waals surface area contributed by atoms with Crippen molar-refractivity contribution in [3.8, 4) is 5.75 Å². The molecule has 0 saturated carbocycles. The van der Waals surface area contributed by atoms with Gasteiger partial charge in [0.2, 0.25) is 0 Å². The molecule has 2 aliphatic rings. The fourth-order valence-electron chi connectivity index (χ4n) is 3.00. The Labute approximate surface area is 159 Å². The van der Waals surface area contributed by atoms with Crippen LogP contribution in [0.25, 0.3) is 11.8 Å². The van der Waals surface area contributed by atoms with Gasteiger partial charge in [-0.15, -0.1) is 0 Å². The van der Waals surface area contributed by atoms with Gasteiger partial charge < -0.3 is 15.0 Å². The zero-order chi connectivity index (χ0) is 19.0. The van der Waals surface area contributed by atoms with Gasteiger partial charge in [-0.2, -0.15) is 0 Å². The second-order valence-corrected chi connectivity index (χ2v) is 6.90. The number of amides is 1. The predicted molar refractivity (Wildman–Crippen MR) is 103 cm³/mol. The Bertz CT molecular complexity index is 985. The number of hydrogen-bond donors (Lipinski definition) is 1. The third-order valence-corrected chi connectivity index (χ3v) is 5.27. The molecule has 0 radical (unpaired) electrons. The van der Waals surface area contributed by atoms with Crippen molar-refractivity contribution >= 4 is 35.1 Å². The summed E-state index contributed by atoms with van der Waals surface area (Å²) in [5.41, 5.74) is 2.56. The standard InChI is InChI=1S/C19H15N3O4S/c1-26-15-7-5-12(6-8-15)9-16-18(23)20-19-21(16)17(11-27-19)13-3-2-4-14(10-13)22(24)25/h2-11,19H,1H3,(H,20,23)/b16-9-/t19-/m1/s1. The molecule has 0 aliphatic carbocycles. The lowest BCUT2D eigenvalue weighted by molar-refractivity contribution is -0.384. The average Bonchev–Trinajstić information content (AvgIpc) is 3.22. The number of carbonyl (C=O) groups excluding carboxylic acids is 1. The first kappa shape index (κ1) is 17.2.